The number of piperazine rings is 1. The van der Waals surface area contributed by atoms with Gasteiger partial charge in [-0.3, -0.25) is 9.58 Å². The van der Waals surface area contributed by atoms with Gasteiger partial charge in [0.15, 0.2) is 5.11 Å². The van der Waals surface area contributed by atoms with Crippen LogP contribution < -0.4 is 5.32 Å². The minimum atomic E-state index is 0.879. The fourth-order valence-corrected chi connectivity index (χ4v) is 4.11. The van der Waals surface area contributed by atoms with E-state index >= 15 is 0 Å². The van der Waals surface area contributed by atoms with Crippen LogP contribution in [-0.2, 0) is 13.1 Å². The molecule has 0 radical (unpaired) electrons. The largest absolute Gasteiger partial charge is 0.362 e. The maximum Gasteiger partial charge on any atom is 0.169 e. The summed E-state index contributed by atoms with van der Waals surface area (Å²) in [4.78, 5) is 4.78. The van der Waals surface area contributed by atoms with Crippen LogP contribution in [0.5, 0.6) is 0 Å². The minimum Gasteiger partial charge on any atom is -0.362 e. The van der Waals surface area contributed by atoms with Gasteiger partial charge in [-0.15, -0.1) is 0 Å². The number of benzene rings is 1. The van der Waals surface area contributed by atoms with E-state index in [0.717, 1.165) is 63.0 Å². The maximum absolute atomic E-state index is 5.59. The van der Waals surface area contributed by atoms with Crippen LogP contribution in [0.1, 0.15) is 23.4 Å². The van der Waals surface area contributed by atoms with Gasteiger partial charge in [0, 0.05) is 56.0 Å². The molecule has 1 aromatic carbocycles. The molecule has 1 fully saturated rings. The van der Waals surface area contributed by atoms with Crippen LogP contribution in [0.25, 0.3) is 0 Å². The van der Waals surface area contributed by atoms with Crippen molar-refractivity contribution < 1.29 is 0 Å². The van der Waals surface area contributed by atoms with Crippen molar-refractivity contribution in [1.82, 2.24) is 24.9 Å². The first kappa shape index (κ1) is 20.3. The zero-order valence-electron chi connectivity index (χ0n) is 16.1. The van der Waals surface area contributed by atoms with Crippen LogP contribution in [0, 0.1) is 13.8 Å². The van der Waals surface area contributed by atoms with E-state index in [0.29, 0.717) is 0 Å². The third-order valence-electron chi connectivity index (χ3n) is 4.94. The molecule has 0 amide bonds. The first-order chi connectivity index (χ1) is 13.0. The van der Waals surface area contributed by atoms with E-state index < -0.39 is 0 Å². The SMILES string of the molecule is Cc1cc(C)n(CCCNC(=S)N2CCN(Cc3ccccc3Br)CC2)n1. The highest BCUT2D eigenvalue weighted by atomic mass is 79.9. The molecule has 3 rings (SSSR count). The molecule has 0 saturated carbocycles. The van der Waals surface area contributed by atoms with E-state index in [-0.39, 0.29) is 0 Å². The average molecular weight is 450 g/mol. The third kappa shape index (κ3) is 5.77. The summed E-state index contributed by atoms with van der Waals surface area (Å²) in [6, 6.07) is 10.6. The Morgan fingerprint density at radius 3 is 2.59 bits per heavy atom. The van der Waals surface area contributed by atoms with Crippen LogP contribution in [0.4, 0.5) is 0 Å². The number of aromatic nitrogens is 2. The summed E-state index contributed by atoms with van der Waals surface area (Å²) >= 11 is 9.23. The Hall–Kier alpha value is -1.44. The average Bonchev–Trinajstić information content (AvgIpc) is 2.98. The molecule has 1 N–H and O–H groups in total. The van der Waals surface area contributed by atoms with Crippen molar-refractivity contribution >= 4 is 33.3 Å². The third-order valence-corrected chi connectivity index (χ3v) is 6.11. The van der Waals surface area contributed by atoms with Gasteiger partial charge in [0.05, 0.1) is 5.69 Å². The number of halogens is 1. The number of nitrogens with zero attached hydrogens (tertiary/aromatic N) is 4. The minimum absolute atomic E-state index is 0.879. The van der Waals surface area contributed by atoms with Crippen molar-refractivity contribution in [2.45, 2.75) is 33.4 Å². The molecule has 1 saturated heterocycles. The van der Waals surface area contributed by atoms with Gasteiger partial charge in [-0.25, -0.2) is 0 Å². The zero-order chi connectivity index (χ0) is 19.2. The fourth-order valence-electron chi connectivity index (χ4n) is 3.41. The topological polar surface area (TPSA) is 36.3 Å². The van der Waals surface area contributed by atoms with Gasteiger partial charge in [-0.2, -0.15) is 5.10 Å². The van der Waals surface area contributed by atoms with E-state index in [4.69, 9.17) is 12.2 Å². The highest BCUT2D eigenvalue weighted by molar-refractivity contribution is 9.10. The molecule has 2 heterocycles. The summed E-state index contributed by atoms with van der Waals surface area (Å²) in [6.07, 6.45) is 1.02. The zero-order valence-corrected chi connectivity index (χ0v) is 18.5. The molecule has 27 heavy (non-hydrogen) atoms. The van der Waals surface area contributed by atoms with Gasteiger partial charge in [0.1, 0.15) is 0 Å². The fraction of sp³-hybridized carbons (Fsp3) is 0.500. The van der Waals surface area contributed by atoms with Crippen LogP contribution in [0.15, 0.2) is 34.8 Å². The van der Waals surface area contributed by atoms with Gasteiger partial charge in [0.25, 0.3) is 0 Å². The van der Waals surface area contributed by atoms with Crippen molar-refractivity contribution in [2.24, 2.45) is 0 Å². The Labute approximate surface area is 175 Å². The molecule has 7 heteroatoms. The quantitative estimate of drug-likeness (QED) is 0.540. The molecule has 0 bridgehead atoms. The Bertz CT molecular complexity index is 767. The normalized spacial score (nSPS) is 15.1. The van der Waals surface area contributed by atoms with Crippen molar-refractivity contribution in [3.8, 4) is 0 Å². The monoisotopic (exact) mass is 449 g/mol. The van der Waals surface area contributed by atoms with Crippen LogP contribution in [0.2, 0.25) is 0 Å². The molecule has 5 nitrogen and oxygen atoms in total. The molecule has 0 aliphatic carbocycles. The molecule has 0 spiro atoms. The second kappa shape index (κ2) is 9.66. The lowest BCUT2D eigenvalue weighted by Crippen LogP contribution is -2.51. The van der Waals surface area contributed by atoms with E-state index in [1.54, 1.807) is 0 Å². The lowest BCUT2D eigenvalue weighted by Gasteiger charge is -2.36. The molecular weight excluding hydrogens is 422 g/mol. The van der Waals surface area contributed by atoms with E-state index in [1.165, 1.54) is 15.7 Å². The molecular formula is C20H28BrN5S. The number of nitrogens with one attached hydrogen (secondary N) is 1. The maximum atomic E-state index is 5.59. The first-order valence-corrected chi connectivity index (χ1v) is 10.7. The predicted octanol–water partition coefficient (Wildman–Crippen LogP) is 3.34. The van der Waals surface area contributed by atoms with Gasteiger partial charge in [0.2, 0.25) is 0 Å². The van der Waals surface area contributed by atoms with Crippen LogP contribution in [0.3, 0.4) is 0 Å². The van der Waals surface area contributed by atoms with Crippen LogP contribution in [-0.4, -0.2) is 57.4 Å². The summed E-state index contributed by atoms with van der Waals surface area (Å²) in [6.45, 7) is 11.0. The Balaban J connectivity index is 1.36. The summed E-state index contributed by atoms with van der Waals surface area (Å²) in [5, 5.41) is 8.79. The predicted molar refractivity (Wildman–Crippen MR) is 118 cm³/mol. The second-order valence-corrected chi connectivity index (χ2v) is 8.33. The van der Waals surface area contributed by atoms with Gasteiger partial charge >= 0.3 is 0 Å². The van der Waals surface area contributed by atoms with Crippen molar-refractivity contribution in [2.75, 3.05) is 32.7 Å². The smallest absolute Gasteiger partial charge is 0.169 e. The summed E-state index contributed by atoms with van der Waals surface area (Å²) in [7, 11) is 0. The van der Waals surface area contributed by atoms with E-state index in [2.05, 4.69) is 78.1 Å². The molecule has 1 aliphatic rings. The van der Waals surface area contributed by atoms with Gasteiger partial charge in [-0.1, -0.05) is 34.1 Å². The Morgan fingerprint density at radius 1 is 1.19 bits per heavy atom. The molecule has 1 aliphatic heterocycles. The summed E-state index contributed by atoms with van der Waals surface area (Å²) < 4.78 is 3.26. The summed E-state index contributed by atoms with van der Waals surface area (Å²) in [5.74, 6) is 0. The van der Waals surface area contributed by atoms with E-state index in [1.807, 2.05) is 6.92 Å². The molecule has 2 aromatic rings. The number of hydrogen-bond acceptors (Lipinski definition) is 3. The molecule has 0 atom stereocenters. The van der Waals surface area contributed by atoms with E-state index in [9.17, 15) is 0 Å². The number of rotatable bonds is 6. The van der Waals surface area contributed by atoms with Crippen LogP contribution >= 0.6 is 28.1 Å². The second-order valence-electron chi connectivity index (χ2n) is 7.09. The van der Waals surface area contributed by atoms with Gasteiger partial charge in [-0.05, 0) is 50.2 Å². The highest BCUT2D eigenvalue weighted by Crippen LogP contribution is 2.18. The van der Waals surface area contributed by atoms with Crippen molar-refractivity contribution in [1.29, 1.82) is 0 Å². The first-order valence-electron chi connectivity index (χ1n) is 9.52. The highest BCUT2D eigenvalue weighted by Gasteiger charge is 2.19. The van der Waals surface area contributed by atoms with Crippen molar-refractivity contribution in [3.63, 3.8) is 0 Å². The Kier molecular flexibility index (Phi) is 7.26. The molecule has 1 aromatic heterocycles. The summed E-state index contributed by atoms with van der Waals surface area (Å²) in [5.41, 5.74) is 3.64. The molecule has 146 valence electrons. The Morgan fingerprint density at radius 2 is 1.93 bits per heavy atom. The molecule has 0 unspecified atom stereocenters. The number of hydrogen-bond donors (Lipinski definition) is 1. The van der Waals surface area contributed by atoms with Crippen molar-refractivity contribution in [3.05, 3.63) is 51.8 Å². The lowest BCUT2D eigenvalue weighted by molar-refractivity contribution is 0.174. The number of aryl methyl sites for hydroxylation is 3. The number of thiocarbonyl (C=S) groups is 1. The van der Waals surface area contributed by atoms with Gasteiger partial charge < -0.3 is 10.2 Å². The standard InChI is InChI=1S/C20H28BrN5S/c1-16-14-17(2)26(23-16)9-5-8-22-20(27)25-12-10-24(11-13-25)15-18-6-3-4-7-19(18)21/h3-4,6-7,14H,5,8-13,15H2,1-2H3,(H,22,27). The lowest BCUT2D eigenvalue weighted by atomic mass is 10.2.